The van der Waals surface area contributed by atoms with E-state index in [1.807, 2.05) is 12.1 Å². The molecule has 6 nitrogen and oxygen atoms in total. The van der Waals surface area contributed by atoms with Crippen LogP contribution in [-0.4, -0.2) is 20.0 Å². The summed E-state index contributed by atoms with van der Waals surface area (Å²) in [7, 11) is 3.04. The van der Waals surface area contributed by atoms with E-state index >= 15 is 0 Å². The molecule has 0 saturated carbocycles. The standard InChI is InChI=1S/C20H14O6S/c1-23-14-5-3-4-12-10-15(25-18(12)14)13(21)7-6-11-8-16(24-2)19-17(9-11)27-20(22)26-19/h3-10H,1-2H3. The van der Waals surface area contributed by atoms with Gasteiger partial charge in [-0.05, 0) is 35.9 Å². The maximum absolute atomic E-state index is 12.5. The topological polar surface area (TPSA) is 78.9 Å². The van der Waals surface area contributed by atoms with E-state index in [2.05, 4.69) is 0 Å². The quantitative estimate of drug-likeness (QED) is 0.373. The molecule has 27 heavy (non-hydrogen) atoms. The van der Waals surface area contributed by atoms with Crippen molar-refractivity contribution >= 4 is 44.4 Å². The van der Waals surface area contributed by atoms with Crippen LogP contribution in [0.5, 0.6) is 11.5 Å². The fourth-order valence-electron chi connectivity index (χ4n) is 2.79. The van der Waals surface area contributed by atoms with Crippen LogP contribution in [0.15, 0.2) is 56.1 Å². The van der Waals surface area contributed by atoms with Crippen LogP contribution in [0.1, 0.15) is 16.1 Å². The predicted octanol–water partition coefficient (Wildman–Crippen LogP) is 4.51. The minimum atomic E-state index is -0.406. The monoisotopic (exact) mass is 382 g/mol. The van der Waals surface area contributed by atoms with Gasteiger partial charge in [-0.15, -0.1) is 0 Å². The molecule has 2 aromatic carbocycles. The highest BCUT2D eigenvalue weighted by Gasteiger charge is 2.13. The minimum Gasteiger partial charge on any atom is -0.493 e. The number of ketones is 1. The zero-order valence-corrected chi connectivity index (χ0v) is 15.3. The van der Waals surface area contributed by atoms with Crippen molar-refractivity contribution in [3.8, 4) is 11.5 Å². The van der Waals surface area contributed by atoms with Crippen molar-refractivity contribution < 1.29 is 23.1 Å². The largest absolute Gasteiger partial charge is 0.493 e. The van der Waals surface area contributed by atoms with Gasteiger partial charge in [0.15, 0.2) is 28.4 Å². The molecule has 0 aliphatic heterocycles. The van der Waals surface area contributed by atoms with Crippen molar-refractivity contribution in [2.75, 3.05) is 14.2 Å². The summed E-state index contributed by atoms with van der Waals surface area (Å²) in [5, 5.41) is 0.789. The lowest BCUT2D eigenvalue weighted by Gasteiger charge is -2.01. The number of furan rings is 1. The lowest BCUT2D eigenvalue weighted by Crippen LogP contribution is -1.91. The van der Waals surface area contributed by atoms with Crippen LogP contribution in [0.3, 0.4) is 0 Å². The van der Waals surface area contributed by atoms with Crippen LogP contribution >= 0.6 is 11.3 Å². The maximum atomic E-state index is 12.5. The first-order valence-electron chi connectivity index (χ1n) is 7.99. The Kier molecular flexibility index (Phi) is 4.29. The van der Waals surface area contributed by atoms with Gasteiger partial charge in [-0.25, -0.2) is 4.79 Å². The summed E-state index contributed by atoms with van der Waals surface area (Å²) >= 11 is 0.980. The third kappa shape index (κ3) is 3.13. The van der Waals surface area contributed by atoms with E-state index in [1.54, 1.807) is 37.5 Å². The molecule has 4 aromatic rings. The molecule has 0 atom stereocenters. The van der Waals surface area contributed by atoms with Gasteiger partial charge < -0.3 is 18.3 Å². The van der Waals surface area contributed by atoms with E-state index in [0.29, 0.717) is 32.9 Å². The van der Waals surface area contributed by atoms with Gasteiger partial charge in [-0.3, -0.25) is 4.79 Å². The minimum absolute atomic E-state index is 0.215. The molecule has 0 fully saturated rings. The van der Waals surface area contributed by atoms with Crippen LogP contribution in [0.25, 0.3) is 27.3 Å². The normalized spacial score (nSPS) is 11.5. The number of hydrogen-bond acceptors (Lipinski definition) is 7. The van der Waals surface area contributed by atoms with Crippen LogP contribution < -0.4 is 14.4 Å². The fraction of sp³-hybridized carbons (Fsp3) is 0.100. The predicted molar refractivity (Wildman–Crippen MR) is 103 cm³/mol. The molecule has 0 spiro atoms. The molecule has 4 rings (SSSR count). The third-order valence-corrected chi connectivity index (χ3v) is 4.81. The van der Waals surface area contributed by atoms with Gasteiger partial charge in [-0.2, -0.15) is 0 Å². The molecule has 0 amide bonds. The van der Waals surface area contributed by atoms with Crippen molar-refractivity contribution in [2.45, 2.75) is 0 Å². The highest BCUT2D eigenvalue weighted by atomic mass is 32.1. The molecule has 0 N–H and O–H groups in total. The number of methoxy groups -OCH3 is 2. The second kappa shape index (κ2) is 6.77. The molecule has 2 heterocycles. The molecule has 0 radical (unpaired) electrons. The first-order chi connectivity index (χ1) is 13.1. The van der Waals surface area contributed by atoms with E-state index in [4.69, 9.17) is 18.3 Å². The zero-order chi connectivity index (χ0) is 19.0. The van der Waals surface area contributed by atoms with Gasteiger partial charge in [0.25, 0.3) is 0 Å². The Balaban J connectivity index is 1.67. The number of ether oxygens (including phenoxy) is 2. The Bertz CT molecular complexity index is 1240. The zero-order valence-electron chi connectivity index (χ0n) is 14.5. The van der Waals surface area contributed by atoms with Crippen LogP contribution in [-0.2, 0) is 0 Å². The molecular formula is C20H14O6S. The molecule has 0 saturated heterocycles. The van der Waals surface area contributed by atoms with E-state index in [1.165, 1.54) is 13.2 Å². The van der Waals surface area contributed by atoms with E-state index in [9.17, 15) is 9.59 Å². The SMILES string of the molecule is COc1cccc2cc(C(=O)C=Cc3cc(OC)c4oc(=O)sc4c3)oc12. The first-order valence-corrected chi connectivity index (χ1v) is 8.81. The van der Waals surface area contributed by atoms with Gasteiger partial charge >= 0.3 is 4.94 Å². The fourth-order valence-corrected chi connectivity index (χ4v) is 3.52. The molecule has 136 valence electrons. The summed E-state index contributed by atoms with van der Waals surface area (Å²) in [6.45, 7) is 0. The van der Waals surface area contributed by atoms with Gasteiger partial charge in [0.2, 0.25) is 5.78 Å². The first kappa shape index (κ1) is 17.1. The van der Waals surface area contributed by atoms with Crippen molar-refractivity contribution in [3.63, 3.8) is 0 Å². The highest BCUT2D eigenvalue weighted by molar-refractivity contribution is 7.16. The lowest BCUT2D eigenvalue weighted by atomic mass is 10.1. The van der Waals surface area contributed by atoms with Gasteiger partial charge in [0, 0.05) is 5.39 Å². The molecule has 2 aromatic heterocycles. The van der Waals surface area contributed by atoms with Gasteiger partial charge in [-0.1, -0.05) is 29.5 Å². The van der Waals surface area contributed by atoms with Crippen LogP contribution in [0.4, 0.5) is 0 Å². The van der Waals surface area contributed by atoms with Crippen LogP contribution in [0, 0.1) is 0 Å². The molecule has 0 bridgehead atoms. The number of allylic oxidation sites excluding steroid dienone is 1. The number of fused-ring (bicyclic) bond motifs is 2. The average Bonchev–Trinajstić information content (AvgIpc) is 3.27. The van der Waals surface area contributed by atoms with Gasteiger partial charge in [0.05, 0.1) is 18.9 Å². The summed E-state index contributed by atoms with van der Waals surface area (Å²) < 4.78 is 21.9. The number of carbonyl (C=O) groups excluding carboxylic acids is 1. The number of para-hydroxylation sites is 1. The average molecular weight is 382 g/mol. The Morgan fingerprint density at radius 3 is 2.63 bits per heavy atom. The lowest BCUT2D eigenvalue weighted by molar-refractivity contribution is 0.102. The van der Waals surface area contributed by atoms with Crippen LogP contribution in [0.2, 0.25) is 0 Å². The maximum Gasteiger partial charge on any atom is 0.396 e. The number of hydrogen-bond donors (Lipinski definition) is 0. The highest BCUT2D eigenvalue weighted by Crippen LogP contribution is 2.31. The molecule has 7 heteroatoms. The molecular weight excluding hydrogens is 368 g/mol. The van der Waals surface area contributed by atoms with E-state index in [0.717, 1.165) is 16.7 Å². The second-order valence-corrected chi connectivity index (χ2v) is 6.67. The summed E-state index contributed by atoms with van der Waals surface area (Å²) in [5.74, 6) is 0.937. The summed E-state index contributed by atoms with van der Waals surface area (Å²) in [5.41, 5.74) is 1.64. The number of carbonyl (C=O) groups is 1. The number of benzene rings is 2. The Hall–Kier alpha value is -3.32. The Morgan fingerprint density at radius 2 is 1.85 bits per heavy atom. The Morgan fingerprint density at radius 1 is 1.04 bits per heavy atom. The molecule has 0 aliphatic rings. The van der Waals surface area contributed by atoms with E-state index in [-0.39, 0.29) is 11.5 Å². The Labute approximate surface area is 157 Å². The number of rotatable bonds is 5. The van der Waals surface area contributed by atoms with Crippen molar-refractivity contribution in [2.24, 2.45) is 0 Å². The molecule has 0 unspecified atom stereocenters. The van der Waals surface area contributed by atoms with E-state index < -0.39 is 4.94 Å². The van der Waals surface area contributed by atoms with Gasteiger partial charge in [0.1, 0.15) is 0 Å². The second-order valence-electron chi connectivity index (χ2n) is 5.69. The van der Waals surface area contributed by atoms with Crippen molar-refractivity contribution in [3.05, 3.63) is 63.5 Å². The smallest absolute Gasteiger partial charge is 0.396 e. The summed E-state index contributed by atoms with van der Waals surface area (Å²) in [6, 6.07) is 10.6. The summed E-state index contributed by atoms with van der Waals surface area (Å²) in [4.78, 5) is 23.5. The third-order valence-electron chi connectivity index (χ3n) is 4.04. The van der Waals surface area contributed by atoms with Crippen molar-refractivity contribution in [1.82, 2.24) is 0 Å². The molecule has 0 aliphatic carbocycles. The summed E-state index contributed by atoms with van der Waals surface area (Å²) in [6.07, 6.45) is 3.05. The van der Waals surface area contributed by atoms with Crippen molar-refractivity contribution in [1.29, 1.82) is 0 Å².